The molecule has 1 N–H and O–H groups in total. The van der Waals surface area contributed by atoms with Crippen LogP contribution in [0.15, 0.2) is 42.7 Å². The molecule has 0 aliphatic rings. The normalized spacial score (nSPS) is 10.4. The molecule has 0 spiro atoms. The third-order valence-electron chi connectivity index (χ3n) is 2.40. The van der Waals surface area contributed by atoms with Crippen molar-refractivity contribution in [2.45, 2.75) is 13.0 Å². The Morgan fingerprint density at radius 2 is 2.06 bits per heavy atom. The highest BCUT2D eigenvalue weighted by Crippen LogP contribution is 2.13. The van der Waals surface area contributed by atoms with Gasteiger partial charge in [-0.25, -0.2) is 0 Å². The lowest BCUT2D eigenvalue weighted by Gasteiger charge is -2.06. The third kappa shape index (κ3) is 3.60. The second-order valence-corrected chi connectivity index (χ2v) is 3.77. The van der Waals surface area contributed by atoms with Gasteiger partial charge >= 0.3 is 0 Å². The summed E-state index contributed by atoms with van der Waals surface area (Å²) < 4.78 is 7.33. The molecule has 2 rings (SSSR count). The van der Waals surface area contributed by atoms with Crippen molar-refractivity contribution >= 4 is 0 Å². The van der Waals surface area contributed by atoms with Gasteiger partial charge in [0.15, 0.2) is 0 Å². The topological polar surface area (TPSA) is 47.3 Å². The highest BCUT2D eigenvalue weighted by molar-refractivity contribution is 5.27. The SMILES string of the molecule is OCCCOc1ccc(Cn2cccn2)cc1. The quantitative estimate of drug-likeness (QED) is 0.771. The first-order chi connectivity index (χ1) is 8.38. The molecule has 1 aromatic heterocycles. The fraction of sp³-hybridized carbons (Fsp3) is 0.308. The van der Waals surface area contributed by atoms with Gasteiger partial charge in [0, 0.05) is 25.4 Å². The van der Waals surface area contributed by atoms with Crippen LogP contribution in [0.25, 0.3) is 0 Å². The lowest BCUT2D eigenvalue weighted by molar-refractivity contribution is 0.233. The van der Waals surface area contributed by atoms with Gasteiger partial charge in [0.2, 0.25) is 0 Å². The molecule has 0 radical (unpaired) electrons. The average molecular weight is 232 g/mol. The Labute approximate surface area is 100 Å². The van der Waals surface area contributed by atoms with Crippen LogP contribution in [0.5, 0.6) is 5.75 Å². The highest BCUT2D eigenvalue weighted by atomic mass is 16.5. The van der Waals surface area contributed by atoms with Crippen LogP contribution in [0.3, 0.4) is 0 Å². The van der Waals surface area contributed by atoms with Crippen molar-refractivity contribution in [3.05, 3.63) is 48.3 Å². The minimum atomic E-state index is 0.164. The second kappa shape index (κ2) is 6.06. The monoisotopic (exact) mass is 232 g/mol. The van der Waals surface area contributed by atoms with Crippen molar-refractivity contribution in [3.63, 3.8) is 0 Å². The maximum Gasteiger partial charge on any atom is 0.119 e. The summed E-state index contributed by atoms with van der Waals surface area (Å²) in [5.74, 6) is 0.836. The molecule has 1 heterocycles. The summed E-state index contributed by atoms with van der Waals surface area (Å²) in [6.07, 6.45) is 4.37. The van der Waals surface area contributed by atoms with Gasteiger partial charge in [-0.1, -0.05) is 12.1 Å². The summed E-state index contributed by atoms with van der Waals surface area (Å²) in [6, 6.07) is 9.84. The maximum absolute atomic E-state index is 8.64. The molecule has 1 aromatic carbocycles. The van der Waals surface area contributed by atoms with E-state index in [1.165, 1.54) is 5.56 Å². The molecule has 17 heavy (non-hydrogen) atoms. The third-order valence-corrected chi connectivity index (χ3v) is 2.40. The van der Waals surface area contributed by atoms with E-state index >= 15 is 0 Å². The van der Waals surface area contributed by atoms with Crippen LogP contribution in [-0.2, 0) is 6.54 Å². The number of rotatable bonds is 6. The van der Waals surface area contributed by atoms with Crippen LogP contribution < -0.4 is 4.74 Å². The fourth-order valence-electron chi connectivity index (χ4n) is 1.53. The van der Waals surface area contributed by atoms with E-state index in [0.29, 0.717) is 13.0 Å². The molecule has 0 unspecified atom stereocenters. The molecule has 0 saturated heterocycles. The Balaban J connectivity index is 1.89. The number of aliphatic hydroxyl groups excluding tert-OH is 1. The number of benzene rings is 1. The molecular weight excluding hydrogens is 216 g/mol. The Morgan fingerprint density at radius 3 is 2.71 bits per heavy atom. The van der Waals surface area contributed by atoms with Gasteiger partial charge in [-0.3, -0.25) is 4.68 Å². The molecule has 0 fully saturated rings. The van der Waals surface area contributed by atoms with E-state index < -0.39 is 0 Å². The van der Waals surface area contributed by atoms with Crippen LogP contribution in [0, 0.1) is 0 Å². The molecule has 0 aliphatic carbocycles. The van der Waals surface area contributed by atoms with Gasteiger partial charge < -0.3 is 9.84 Å². The minimum Gasteiger partial charge on any atom is -0.494 e. The van der Waals surface area contributed by atoms with E-state index in [1.54, 1.807) is 6.20 Å². The van der Waals surface area contributed by atoms with Gasteiger partial charge in [-0.15, -0.1) is 0 Å². The fourth-order valence-corrected chi connectivity index (χ4v) is 1.53. The van der Waals surface area contributed by atoms with Crippen molar-refractivity contribution in [2.24, 2.45) is 0 Å². The molecule has 2 aromatic rings. The summed E-state index contributed by atoms with van der Waals surface area (Å²) in [5, 5.41) is 12.8. The number of ether oxygens (including phenoxy) is 1. The number of hydrogen-bond donors (Lipinski definition) is 1. The summed E-state index contributed by atoms with van der Waals surface area (Å²) in [5.41, 5.74) is 1.18. The number of aliphatic hydroxyl groups is 1. The zero-order valence-corrected chi connectivity index (χ0v) is 9.62. The Bertz CT molecular complexity index is 423. The zero-order valence-electron chi connectivity index (χ0n) is 9.62. The summed E-state index contributed by atoms with van der Waals surface area (Å²) >= 11 is 0. The molecule has 90 valence electrons. The number of aromatic nitrogens is 2. The Hall–Kier alpha value is -1.81. The molecular formula is C13H16N2O2. The van der Waals surface area contributed by atoms with Crippen LogP contribution in [0.1, 0.15) is 12.0 Å². The smallest absolute Gasteiger partial charge is 0.119 e. The van der Waals surface area contributed by atoms with Crippen molar-refractivity contribution < 1.29 is 9.84 Å². The number of nitrogens with zero attached hydrogens (tertiary/aromatic N) is 2. The van der Waals surface area contributed by atoms with Gasteiger partial charge in [-0.05, 0) is 23.8 Å². The summed E-state index contributed by atoms with van der Waals surface area (Å²) in [7, 11) is 0. The lowest BCUT2D eigenvalue weighted by atomic mass is 10.2. The predicted octanol–water partition coefficient (Wildman–Crippen LogP) is 1.69. The average Bonchev–Trinajstić information content (AvgIpc) is 2.85. The van der Waals surface area contributed by atoms with E-state index in [9.17, 15) is 0 Å². The van der Waals surface area contributed by atoms with Gasteiger partial charge in [0.05, 0.1) is 13.2 Å². The molecule has 0 aliphatic heterocycles. The Morgan fingerprint density at radius 1 is 1.24 bits per heavy atom. The van der Waals surface area contributed by atoms with Crippen molar-refractivity contribution in [3.8, 4) is 5.75 Å². The van der Waals surface area contributed by atoms with Crippen LogP contribution in [0.4, 0.5) is 0 Å². The van der Waals surface area contributed by atoms with Crippen molar-refractivity contribution in [1.29, 1.82) is 0 Å². The van der Waals surface area contributed by atoms with Crippen LogP contribution in [0.2, 0.25) is 0 Å². The maximum atomic E-state index is 8.64. The van der Waals surface area contributed by atoms with E-state index in [1.807, 2.05) is 41.2 Å². The summed E-state index contributed by atoms with van der Waals surface area (Å²) in [6.45, 7) is 1.48. The molecule has 0 bridgehead atoms. The van der Waals surface area contributed by atoms with Gasteiger partial charge in [-0.2, -0.15) is 5.10 Å². The number of hydrogen-bond acceptors (Lipinski definition) is 3. The first-order valence-corrected chi connectivity index (χ1v) is 5.68. The van der Waals surface area contributed by atoms with Gasteiger partial charge in [0.1, 0.15) is 5.75 Å². The van der Waals surface area contributed by atoms with E-state index in [4.69, 9.17) is 9.84 Å². The molecule has 0 saturated carbocycles. The zero-order chi connectivity index (χ0) is 11.9. The highest BCUT2D eigenvalue weighted by Gasteiger charge is 1.97. The molecule has 4 nitrogen and oxygen atoms in total. The minimum absolute atomic E-state index is 0.164. The Kier molecular flexibility index (Phi) is 4.16. The first-order valence-electron chi connectivity index (χ1n) is 5.68. The lowest BCUT2D eigenvalue weighted by Crippen LogP contribution is -2.01. The van der Waals surface area contributed by atoms with Crippen LogP contribution >= 0.6 is 0 Å². The van der Waals surface area contributed by atoms with E-state index in [0.717, 1.165) is 12.3 Å². The molecule has 0 amide bonds. The summed E-state index contributed by atoms with van der Waals surface area (Å²) in [4.78, 5) is 0. The molecule has 0 atom stereocenters. The first kappa shape index (κ1) is 11.7. The largest absolute Gasteiger partial charge is 0.494 e. The van der Waals surface area contributed by atoms with Crippen LogP contribution in [-0.4, -0.2) is 28.1 Å². The second-order valence-electron chi connectivity index (χ2n) is 3.77. The van der Waals surface area contributed by atoms with Gasteiger partial charge in [0.25, 0.3) is 0 Å². The van der Waals surface area contributed by atoms with Crippen molar-refractivity contribution in [1.82, 2.24) is 9.78 Å². The molecule has 4 heteroatoms. The van der Waals surface area contributed by atoms with E-state index in [2.05, 4.69) is 5.10 Å². The van der Waals surface area contributed by atoms with Crippen molar-refractivity contribution in [2.75, 3.05) is 13.2 Å². The van der Waals surface area contributed by atoms with E-state index in [-0.39, 0.29) is 6.61 Å². The standard InChI is InChI=1S/C13H16N2O2/c16-9-2-10-17-13-5-3-12(4-6-13)11-15-8-1-7-14-15/h1,3-8,16H,2,9-11H2. The predicted molar refractivity (Wildman–Crippen MR) is 65.0 cm³/mol.